The topological polar surface area (TPSA) is 67.2 Å². The lowest BCUT2D eigenvalue weighted by molar-refractivity contribution is 0.0946. The van der Waals surface area contributed by atoms with Gasteiger partial charge in [-0.05, 0) is 42.7 Å². The molecule has 1 N–H and O–H groups in total. The highest BCUT2D eigenvalue weighted by Crippen LogP contribution is 2.24. The van der Waals surface area contributed by atoms with Gasteiger partial charge in [0, 0.05) is 30.7 Å². The minimum Gasteiger partial charge on any atom is -0.371 e. The van der Waals surface area contributed by atoms with Gasteiger partial charge in [-0.25, -0.2) is 0 Å². The molecule has 0 aliphatic carbocycles. The molecule has 2 heterocycles. The van der Waals surface area contributed by atoms with Crippen LogP contribution in [0.25, 0.3) is 16.5 Å². The number of fused-ring (bicyclic) bond motifs is 1. The Kier molecular flexibility index (Phi) is 5.42. The van der Waals surface area contributed by atoms with E-state index >= 15 is 0 Å². The number of carbonyl (C=O) groups is 1. The lowest BCUT2D eigenvalue weighted by atomic mass is 10.1. The summed E-state index contributed by atoms with van der Waals surface area (Å²) in [5, 5.41) is 8.51. The van der Waals surface area contributed by atoms with Crippen LogP contribution in [0.2, 0.25) is 0 Å². The second-order valence-electron chi connectivity index (χ2n) is 7.95. The van der Waals surface area contributed by atoms with Crippen molar-refractivity contribution in [1.82, 2.24) is 15.1 Å². The molecule has 1 amide bonds. The van der Waals surface area contributed by atoms with Crippen LogP contribution in [0.15, 0.2) is 83.7 Å². The van der Waals surface area contributed by atoms with Crippen molar-refractivity contribution < 1.29 is 4.79 Å². The number of rotatable bonds is 5. The Morgan fingerprint density at radius 3 is 2.28 bits per heavy atom. The molecule has 6 nitrogen and oxygen atoms in total. The van der Waals surface area contributed by atoms with Crippen molar-refractivity contribution in [3.8, 4) is 5.69 Å². The number of aromatic nitrogens is 2. The first-order chi connectivity index (χ1) is 15.7. The fraction of sp³-hybridized carbons (Fsp3) is 0.192. The molecular weight excluding hydrogens is 400 g/mol. The SMILES string of the molecule is O=C(NCc1ccccc1N1CCCC1)c1nn(-c2ccccc2)c(=O)c2ccccc12. The summed E-state index contributed by atoms with van der Waals surface area (Å²) in [5.41, 5.74) is 2.85. The molecule has 0 spiro atoms. The summed E-state index contributed by atoms with van der Waals surface area (Å²) in [7, 11) is 0. The lowest BCUT2D eigenvalue weighted by Crippen LogP contribution is -2.30. The second kappa shape index (κ2) is 8.67. The monoisotopic (exact) mass is 424 g/mol. The fourth-order valence-electron chi connectivity index (χ4n) is 4.29. The molecule has 160 valence electrons. The minimum absolute atomic E-state index is 0.239. The molecule has 1 fully saturated rings. The average molecular weight is 425 g/mol. The van der Waals surface area contributed by atoms with Crippen molar-refractivity contribution in [3.63, 3.8) is 0 Å². The van der Waals surface area contributed by atoms with Gasteiger partial charge in [-0.3, -0.25) is 9.59 Å². The third kappa shape index (κ3) is 3.75. The van der Waals surface area contributed by atoms with Crippen LogP contribution in [0, 0.1) is 0 Å². The third-order valence-electron chi connectivity index (χ3n) is 5.90. The summed E-state index contributed by atoms with van der Waals surface area (Å²) in [6.07, 6.45) is 2.38. The van der Waals surface area contributed by atoms with Crippen LogP contribution >= 0.6 is 0 Å². The first-order valence-electron chi connectivity index (χ1n) is 10.9. The van der Waals surface area contributed by atoms with Crippen LogP contribution in [0.4, 0.5) is 5.69 Å². The predicted octanol–water partition coefficient (Wildman–Crippen LogP) is 3.92. The zero-order valence-electron chi connectivity index (χ0n) is 17.7. The molecule has 0 atom stereocenters. The molecule has 1 aliphatic rings. The number of amides is 1. The largest absolute Gasteiger partial charge is 0.371 e. The summed E-state index contributed by atoms with van der Waals surface area (Å²) in [5.74, 6) is -0.304. The van der Waals surface area contributed by atoms with E-state index in [1.807, 2.05) is 42.5 Å². The molecule has 0 radical (unpaired) electrons. The van der Waals surface area contributed by atoms with E-state index in [9.17, 15) is 9.59 Å². The molecule has 0 bridgehead atoms. The average Bonchev–Trinajstić information content (AvgIpc) is 3.39. The van der Waals surface area contributed by atoms with E-state index < -0.39 is 0 Å². The van der Waals surface area contributed by atoms with Crippen molar-refractivity contribution in [1.29, 1.82) is 0 Å². The molecular formula is C26H24N4O2. The van der Waals surface area contributed by atoms with Crippen LogP contribution in [-0.2, 0) is 6.54 Å². The number of nitrogens with one attached hydrogen (secondary N) is 1. The van der Waals surface area contributed by atoms with E-state index in [1.165, 1.54) is 17.5 Å². The number of anilines is 1. The Balaban J connectivity index is 1.49. The Bertz CT molecular complexity index is 1320. The zero-order valence-corrected chi connectivity index (χ0v) is 17.7. The Hall–Kier alpha value is -3.93. The summed E-state index contributed by atoms with van der Waals surface area (Å²) in [4.78, 5) is 28.7. The Labute approximate surface area is 186 Å². The Morgan fingerprint density at radius 2 is 1.50 bits per heavy atom. The molecule has 0 saturated carbocycles. The maximum atomic E-state index is 13.3. The van der Waals surface area contributed by atoms with Crippen LogP contribution in [-0.4, -0.2) is 28.8 Å². The van der Waals surface area contributed by atoms with Crippen LogP contribution < -0.4 is 15.8 Å². The van der Waals surface area contributed by atoms with Crippen molar-refractivity contribution in [3.05, 3.63) is 100 Å². The maximum Gasteiger partial charge on any atom is 0.279 e. The molecule has 3 aromatic carbocycles. The summed E-state index contributed by atoms with van der Waals surface area (Å²) < 4.78 is 1.30. The van der Waals surface area contributed by atoms with E-state index in [0.717, 1.165) is 24.3 Å². The molecule has 0 unspecified atom stereocenters. The van der Waals surface area contributed by atoms with Gasteiger partial charge in [-0.1, -0.05) is 54.6 Å². The van der Waals surface area contributed by atoms with Crippen molar-refractivity contribution in [2.75, 3.05) is 18.0 Å². The summed E-state index contributed by atoms with van der Waals surface area (Å²) >= 11 is 0. The molecule has 5 rings (SSSR count). The van der Waals surface area contributed by atoms with Crippen molar-refractivity contribution in [2.24, 2.45) is 0 Å². The smallest absolute Gasteiger partial charge is 0.279 e. The zero-order chi connectivity index (χ0) is 21.9. The van der Waals surface area contributed by atoms with E-state index in [-0.39, 0.29) is 17.2 Å². The first-order valence-corrected chi connectivity index (χ1v) is 10.9. The van der Waals surface area contributed by atoms with Gasteiger partial charge < -0.3 is 10.2 Å². The normalized spacial score (nSPS) is 13.4. The van der Waals surface area contributed by atoms with E-state index in [1.54, 1.807) is 30.3 Å². The van der Waals surface area contributed by atoms with Gasteiger partial charge in [0.2, 0.25) is 0 Å². The van der Waals surface area contributed by atoms with Gasteiger partial charge in [-0.15, -0.1) is 0 Å². The van der Waals surface area contributed by atoms with Gasteiger partial charge in [0.1, 0.15) is 0 Å². The van der Waals surface area contributed by atoms with E-state index in [2.05, 4.69) is 21.4 Å². The highest BCUT2D eigenvalue weighted by atomic mass is 16.2. The molecule has 1 saturated heterocycles. The van der Waals surface area contributed by atoms with Crippen molar-refractivity contribution in [2.45, 2.75) is 19.4 Å². The quantitative estimate of drug-likeness (QED) is 0.527. The predicted molar refractivity (Wildman–Crippen MR) is 126 cm³/mol. The van der Waals surface area contributed by atoms with Gasteiger partial charge in [0.25, 0.3) is 11.5 Å². The maximum absolute atomic E-state index is 13.3. The number of hydrogen-bond donors (Lipinski definition) is 1. The molecule has 6 heteroatoms. The second-order valence-corrected chi connectivity index (χ2v) is 7.95. The minimum atomic E-state index is -0.304. The van der Waals surface area contributed by atoms with Gasteiger partial charge in [0.05, 0.1) is 11.1 Å². The fourth-order valence-corrected chi connectivity index (χ4v) is 4.29. The van der Waals surface area contributed by atoms with Crippen LogP contribution in [0.1, 0.15) is 28.9 Å². The van der Waals surface area contributed by atoms with Gasteiger partial charge >= 0.3 is 0 Å². The standard InChI is InChI=1S/C26H24N4O2/c31-25(27-18-19-10-4-7-15-23(19)29-16-8-9-17-29)24-21-13-5-6-14-22(21)26(32)30(28-24)20-11-2-1-3-12-20/h1-7,10-15H,8-9,16-18H2,(H,27,31). The summed E-state index contributed by atoms with van der Waals surface area (Å²) in [6.45, 7) is 2.48. The Morgan fingerprint density at radius 1 is 0.844 bits per heavy atom. The van der Waals surface area contributed by atoms with Gasteiger partial charge in [0.15, 0.2) is 5.69 Å². The summed E-state index contributed by atoms with van der Waals surface area (Å²) in [6, 6.07) is 24.5. The lowest BCUT2D eigenvalue weighted by Gasteiger charge is -2.21. The molecule has 32 heavy (non-hydrogen) atoms. The van der Waals surface area contributed by atoms with E-state index in [4.69, 9.17) is 0 Å². The molecule has 4 aromatic rings. The van der Waals surface area contributed by atoms with Gasteiger partial charge in [-0.2, -0.15) is 9.78 Å². The molecule has 1 aliphatic heterocycles. The third-order valence-corrected chi connectivity index (χ3v) is 5.90. The van der Waals surface area contributed by atoms with Crippen molar-refractivity contribution >= 4 is 22.4 Å². The highest BCUT2D eigenvalue weighted by Gasteiger charge is 2.19. The highest BCUT2D eigenvalue weighted by molar-refractivity contribution is 6.04. The van der Waals surface area contributed by atoms with Crippen LogP contribution in [0.3, 0.4) is 0 Å². The number of hydrogen-bond acceptors (Lipinski definition) is 4. The van der Waals surface area contributed by atoms with Crippen LogP contribution in [0.5, 0.6) is 0 Å². The number of nitrogens with zero attached hydrogens (tertiary/aromatic N) is 3. The first kappa shape index (κ1) is 20.0. The number of carbonyl (C=O) groups excluding carboxylic acids is 1. The van der Waals surface area contributed by atoms with E-state index in [0.29, 0.717) is 23.0 Å². The number of benzene rings is 3. The number of para-hydroxylation sites is 2. The molecule has 1 aromatic heterocycles.